The number of allylic oxidation sites excluding steroid dienone is 4. The van der Waals surface area contributed by atoms with Crippen LogP contribution in [0.2, 0.25) is 0 Å². The molecule has 1 aromatic carbocycles. The summed E-state index contributed by atoms with van der Waals surface area (Å²) >= 11 is 0. The first-order valence-corrected chi connectivity index (χ1v) is 7.38. The van der Waals surface area contributed by atoms with Gasteiger partial charge in [-0.25, -0.2) is 0 Å². The molecule has 0 fully saturated rings. The van der Waals surface area contributed by atoms with E-state index in [0.29, 0.717) is 11.8 Å². The Labute approximate surface area is 121 Å². The standard InChI is InChI=1S/C18H22N2/c1-20(2)16-9-7-13(8-10-16)18-12-15(19)11-14-5-3-4-6-17(14)18/h3,5,7-11,17-19H,4,6,12H2,1-2H3. The van der Waals surface area contributed by atoms with Crippen LogP contribution in [0.3, 0.4) is 0 Å². The van der Waals surface area contributed by atoms with Crippen molar-refractivity contribution in [3.05, 3.63) is 53.6 Å². The molecule has 0 saturated carbocycles. The lowest BCUT2D eigenvalue weighted by Gasteiger charge is -2.34. The van der Waals surface area contributed by atoms with Gasteiger partial charge in [0.05, 0.1) is 0 Å². The number of anilines is 1. The first kappa shape index (κ1) is 13.2. The van der Waals surface area contributed by atoms with Crippen LogP contribution in [0.25, 0.3) is 0 Å². The van der Waals surface area contributed by atoms with E-state index in [9.17, 15) is 0 Å². The van der Waals surface area contributed by atoms with Gasteiger partial charge in [0.25, 0.3) is 0 Å². The molecule has 0 aromatic heterocycles. The number of hydrogen-bond acceptors (Lipinski definition) is 2. The fraction of sp³-hybridized carbons (Fsp3) is 0.389. The van der Waals surface area contributed by atoms with E-state index in [4.69, 9.17) is 5.41 Å². The summed E-state index contributed by atoms with van der Waals surface area (Å²) in [5.41, 5.74) is 4.74. The zero-order valence-corrected chi connectivity index (χ0v) is 12.3. The van der Waals surface area contributed by atoms with Gasteiger partial charge in [-0.15, -0.1) is 0 Å². The summed E-state index contributed by atoms with van der Waals surface area (Å²) in [4.78, 5) is 2.13. The SMILES string of the molecule is CN(C)c1ccc(C2CC(=N)C=C3C=CCCC32)cc1. The molecule has 2 aliphatic rings. The van der Waals surface area contributed by atoms with Gasteiger partial charge in [-0.05, 0) is 60.4 Å². The summed E-state index contributed by atoms with van der Waals surface area (Å²) in [6.45, 7) is 0. The second-order valence-corrected chi connectivity index (χ2v) is 6.05. The molecule has 1 N–H and O–H groups in total. The molecule has 0 aliphatic heterocycles. The van der Waals surface area contributed by atoms with Crippen molar-refractivity contribution in [1.82, 2.24) is 0 Å². The highest BCUT2D eigenvalue weighted by atomic mass is 15.1. The van der Waals surface area contributed by atoms with Crippen molar-refractivity contribution in [3.63, 3.8) is 0 Å². The molecule has 0 bridgehead atoms. The molecule has 104 valence electrons. The van der Waals surface area contributed by atoms with Crippen LogP contribution < -0.4 is 4.90 Å². The largest absolute Gasteiger partial charge is 0.378 e. The molecule has 0 spiro atoms. The van der Waals surface area contributed by atoms with Crippen LogP contribution in [0.1, 0.15) is 30.7 Å². The van der Waals surface area contributed by atoms with Gasteiger partial charge in [0.1, 0.15) is 0 Å². The number of fused-ring (bicyclic) bond motifs is 1. The van der Waals surface area contributed by atoms with Gasteiger partial charge in [0.2, 0.25) is 0 Å². The van der Waals surface area contributed by atoms with Crippen molar-refractivity contribution >= 4 is 11.4 Å². The number of hydrogen-bond donors (Lipinski definition) is 1. The first-order valence-electron chi connectivity index (χ1n) is 7.38. The molecule has 2 atom stereocenters. The third-order valence-corrected chi connectivity index (χ3v) is 4.49. The van der Waals surface area contributed by atoms with Crippen molar-refractivity contribution in [3.8, 4) is 0 Å². The van der Waals surface area contributed by atoms with Gasteiger partial charge in [0, 0.05) is 25.5 Å². The Hall–Kier alpha value is -1.83. The second kappa shape index (κ2) is 5.28. The number of nitrogens with zero attached hydrogens (tertiary/aromatic N) is 1. The van der Waals surface area contributed by atoms with Crippen molar-refractivity contribution in [2.75, 3.05) is 19.0 Å². The van der Waals surface area contributed by atoms with E-state index in [1.165, 1.54) is 29.7 Å². The van der Waals surface area contributed by atoms with Crippen molar-refractivity contribution in [1.29, 1.82) is 5.41 Å². The fourth-order valence-corrected chi connectivity index (χ4v) is 3.38. The number of rotatable bonds is 2. The Balaban J connectivity index is 1.91. The van der Waals surface area contributed by atoms with Crippen LogP contribution in [0.15, 0.2) is 48.1 Å². The van der Waals surface area contributed by atoms with Crippen molar-refractivity contribution in [2.24, 2.45) is 5.92 Å². The van der Waals surface area contributed by atoms with E-state index in [1.807, 2.05) is 0 Å². The monoisotopic (exact) mass is 266 g/mol. The molecule has 2 aliphatic carbocycles. The second-order valence-electron chi connectivity index (χ2n) is 6.05. The highest BCUT2D eigenvalue weighted by Gasteiger charge is 2.30. The third-order valence-electron chi connectivity index (χ3n) is 4.49. The molecule has 1 aromatic rings. The molecule has 2 heteroatoms. The summed E-state index contributed by atoms with van der Waals surface area (Å²) in [7, 11) is 4.14. The number of benzene rings is 1. The van der Waals surface area contributed by atoms with E-state index in [1.54, 1.807) is 0 Å². The Morgan fingerprint density at radius 1 is 1.10 bits per heavy atom. The molecular weight excluding hydrogens is 244 g/mol. The lowest BCUT2D eigenvalue weighted by molar-refractivity contribution is 0.455. The van der Waals surface area contributed by atoms with Crippen molar-refractivity contribution in [2.45, 2.75) is 25.2 Å². The van der Waals surface area contributed by atoms with Gasteiger partial charge in [0.15, 0.2) is 0 Å². The zero-order chi connectivity index (χ0) is 14.1. The van der Waals surface area contributed by atoms with E-state index < -0.39 is 0 Å². The fourth-order valence-electron chi connectivity index (χ4n) is 3.38. The molecule has 2 unspecified atom stereocenters. The van der Waals surface area contributed by atoms with E-state index >= 15 is 0 Å². The summed E-state index contributed by atoms with van der Waals surface area (Å²) < 4.78 is 0. The van der Waals surface area contributed by atoms with Gasteiger partial charge in [-0.3, -0.25) is 0 Å². The van der Waals surface area contributed by atoms with Crippen LogP contribution in [0, 0.1) is 11.3 Å². The zero-order valence-electron chi connectivity index (χ0n) is 12.3. The molecule has 3 rings (SSSR count). The summed E-state index contributed by atoms with van der Waals surface area (Å²) in [5, 5.41) is 8.08. The Morgan fingerprint density at radius 2 is 1.85 bits per heavy atom. The van der Waals surface area contributed by atoms with Gasteiger partial charge in [-0.1, -0.05) is 24.3 Å². The van der Waals surface area contributed by atoms with Gasteiger partial charge >= 0.3 is 0 Å². The molecule has 0 saturated heterocycles. The van der Waals surface area contributed by atoms with Crippen LogP contribution in [0.5, 0.6) is 0 Å². The maximum atomic E-state index is 8.08. The predicted octanol–water partition coefficient (Wildman–Crippen LogP) is 4.15. The average molecular weight is 266 g/mol. The minimum absolute atomic E-state index is 0.476. The van der Waals surface area contributed by atoms with E-state index in [2.05, 4.69) is 61.5 Å². The first-order chi connectivity index (χ1) is 9.65. The Kier molecular flexibility index (Phi) is 3.47. The summed E-state index contributed by atoms with van der Waals surface area (Å²) in [6.07, 6.45) is 9.81. The van der Waals surface area contributed by atoms with Crippen LogP contribution in [-0.2, 0) is 0 Å². The number of nitrogens with one attached hydrogen (secondary N) is 1. The third kappa shape index (κ3) is 2.43. The molecule has 20 heavy (non-hydrogen) atoms. The molecule has 0 amide bonds. The highest BCUT2D eigenvalue weighted by Crippen LogP contribution is 2.42. The topological polar surface area (TPSA) is 27.1 Å². The summed E-state index contributed by atoms with van der Waals surface area (Å²) in [5.74, 6) is 1.07. The van der Waals surface area contributed by atoms with Crippen LogP contribution in [0.4, 0.5) is 5.69 Å². The molecular formula is C18H22N2. The Bertz CT molecular complexity index is 564. The Morgan fingerprint density at radius 3 is 2.55 bits per heavy atom. The highest BCUT2D eigenvalue weighted by molar-refractivity contribution is 5.95. The lowest BCUT2D eigenvalue weighted by Crippen LogP contribution is -2.24. The summed E-state index contributed by atoms with van der Waals surface area (Å²) in [6, 6.07) is 8.87. The minimum Gasteiger partial charge on any atom is -0.378 e. The molecule has 0 heterocycles. The quantitative estimate of drug-likeness (QED) is 0.855. The van der Waals surface area contributed by atoms with E-state index in [0.717, 1.165) is 12.1 Å². The van der Waals surface area contributed by atoms with Gasteiger partial charge < -0.3 is 10.3 Å². The van der Waals surface area contributed by atoms with Crippen LogP contribution >= 0.6 is 0 Å². The normalized spacial score (nSPS) is 25.1. The maximum Gasteiger partial charge on any atom is 0.0361 e. The molecule has 2 nitrogen and oxygen atoms in total. The predicted molar refractivity (Wildman–Crippen MR) is 85.8 cm³/mol. The minimum atomic E-state index is 0.476. The maximum absolute atomic E-state index is 8.08. The molecule has 0 radical (unpaired) electrons. The smallest absolute Gasteiger partial charge is 0.0361 e. The van der Waals surface area contributed by atoms with Crippen LogP contribution in [-0.4, -0.2) is 19.8 Å². The van der Waals surface area contributed by atoms with Crippen molar-refractivity contribution < 1.29 is 0 Å². The average Bonchev–Trinajstić information content (AvgIpc) is 2.46. The van der Waals surface area contributed by atoms with Gasteiger partial charge in [-0.2, -0.15) is 0 Å². The lowest BCUT2D eigenvalue weighted by atomic mass is 9.70. The van der Waals surface area contributed by atoms with E-state index in [-0.39, 0.29) is 0 Å².